The molecule has 4 heterocycles. The van der Waals surface area contributed by atoms with Crippen molar-refractivity contribution in [3.63, 3.8) is 0 Å². The van der Waals surface area contributed by atoms with Crippen molar-refractivity contribution in [3.05, 3.63) is 88.5 Å². The van der Waals surface area contributed by atoms with Gasteiger partial charge in [0.1, 0.15) is 11.6 Å². The number of carbonyl (C=O) groups is 2. The Hall–Kier alpha value is -5.06. The van der Waals surface area contributed by atoms with Gasteiger partial charge in [-0.2, -0.15) is 5.26 Å². The summed E-state index contributed by atoms with van der Waals surface area (Å²) in [6.45, 7) is 6.33. The van der Waals surface area contributed by atoms with Crippen LogP contribution in [0.1, 0.15) is 64.4 Å². The molecule has 4 fully saturated rings. The Morgan fingerprint density at radius 3 is 2.59 bits per heavy atom. The minimum absolute atomic E-state index is 0.103. The van der Waals surface area contributed by atoms with Crippen molar-refractivity contribution in [2.75, 3.05) is 30.6 Å². The molecular formula is C41H40ClN7O5. The molecule has 3 aromatic carbocycles. The highest BCUT2D eigenvalue weighted by Crippen LogP contribution is 2.73. The van der Waals surface area contributed by atoms with E-state index in [2.05, 4.69) is 15.9 Å². The van der Waals surface area contributed by atoms with Crippen LogP contribution in [-0.4, -0.2) is 78.7 Å². The van der Waals surface area contributed by atoms with E-state index in [9.17, 15) is 25.1 Å². The number of benzene rings is 3. The summed E-state index contributed by atoms with van der Waals surface area (Å²) in [5.74, 6) is -0.416. The summed E-state index contributed by atoms with van der Waals surface area (Å²) in [4.78, 5) is 39.6. The minimum Gasteiger partial charge on any atom is -0.481 e. The van der Waals surface area contributed by atoms with Gasteiger partial charge in [-0.15, -0.1) is 0 Å². The molecule has 1 saturated heterocycles. The minimum atomic E-state index is -0.667. The van der Waals surface area contributed by atoms with E-state index in [4.69, 9.17) is 26.2 Å². The zero-order valence-electron chi connectivity index (χ0n) is 30.2. The van der Waals surface area contributed by atoms with E-state index in [0.29, 0.717) is 47.9 Å². The number of aliphatic carboxylic acids is 1. The number of nitrogens with zero attached hydrogens (tertiary/aromatic N) is 7. The van der Waals surface area contributed by atoms with E-state index in [1.54, 1.807) is 6.07 Å². The van der Waals surface area contributed by atoms with E-state index in [1.165, 1.54) is 0 Å². The normalized spacial score (nSPS) is 23.4. The topological polar surface area (TPSA) is 152 Å². The summed E-state index contributed by atoms with van der Waals surface area (Å²) in [7, 11) is 1.85. The fourth-order valence-electron chi connectivity index (χ4n) is 9.55. The number of carbonyl (C=O) groups excluding carboxylic acids is 1. The highest BCUT2D eigenvalue weighted by atomic mass is 35.5. The number of β-amino-alcohol motifs (C(OH)–C–C–N with tert-alkyl or cyclic N) is 1. The van der Waals surface area contributed by atoms with Gasteiger partial charge in [0, 0.05) is 75.8 Å². The van der Waals surface area contributed by atoms with Crippen molar-refractivity contribution >= 4 is 40.4 Å². The van der Waals surface area contributed by atoms with Gasteiger partial charge >= 0.3 is 11.9 Å². The summed E-state index contributed by atoms with van der Waals surface area (Å²) >= 11 is 6.79. The number of hydrogen-bond acceptors (Lipinski definition) is 9. The largest absolute Gasteiger partial charge is 0.481 e. The van der Waals surface area contributed by atoms with Gasteiger partial charge in [0.05, 0.1) is 28.5 Å². The number of aliphatic hydroxyl groups excluding tert-OH is 1. The van der Waals surface area contributed by atoms with Crippen LogP contribution >= 0.6 is 11.8 Å². The van der Waals surface area contributed by atoms with Crippen molar-refractivity contribution < 1.29 is 24.2 Å². The predicted molar refractivity (Wildman–Crippen MR) is 201 cm³/mol. The first kappa shape index (κ1) is 34.7. The Morgan fingerprint density at radius 1 is 1.07 bits per heavy atom. The van der Waals surface area contributed by atoms with Crippen LogP contribution in [0, 0.1) is 29.1 Å². The lowest BCUT2D eigenvalue weighted by Gasteiger charge is -2.69. The van der Waals surface area contributed by atoms with Crippen LogP contribution in [0.25, 0.3) is 33.7 Å². The van der Waals surface area contributed by atoms with Crippen molar-refractivity contribution in [2.24, 2.45) is 17.9 Å². The van der Waals surface area contributed by atoms with E-state index in [1.807, 2.05) is 67.1 Å². The van der Waals surface area contributed by atoms with Gasteiger partial charge in [-0.1, -0.05) is 24.3 Å². The number of nitriles is 1. The number of oxazole rings is 1. The number of aliphatic hydroxyl groups is 1. The Kier molecular flexibility index (Phi) is 8.21. The number of carboxylic acid groups (broad SMARTS) is 1. The number of fused-ring (bicyclic) bond motifs is 2. The first-order valence-electron chi connectivity index (χ1n) is 18.4. The van der Waals surface area contributed by atoms with Crippen molar-refractivity contribution in [3.8, 4) is 28.7 Å². The van der Waals surface area contributed by atoms with Gasteiger partial charge in [-0.25, -0.2) is 14.4 Å². The van der Waals surface area contributed by atoms with Crippen LogP contribution in [0.5, 0.6) is 0 Å². The molecule has 3 aliphatic carbocycles. The maximum absolute atomic E-state index is 13.9. The first-order chi connectivity index (χ1) is 25.9. The number of imidazole rings is 1. The Bertz CT molecular complexity index is 2390. The van der Waals surface area contributed by atoms with E-state index < -0.39 is 17.3 Å². The van der Waals surface area contributed by atoms with Crippen LogP contribution in [-0.2, 0) is 31.4 Å². The zero-order chi connectivity index (χ0) is 37.5. The van der Waals surface area contributed by atoms with Crippen LogP contribution in [0.15, 0.2) is 59.0 Å². The average molecular weight is 746 g/mol. The molecule has 276 valence electrons. The predicted octanol–water partition coefficient (Wildman–Crippen LogP) is 6.06. The molecule has 2 aromatic heterocycles. The van der Waals surface area contributed by atoms with Crippen LogP contribution < -0.4 is 4.42 Å². The summed E-state index contributed by atoms with van der Waals surface area (Å²) in [5.41, 5.74) is 7.85. The summed E-state index contributed by atoms with van der Waals surface area (Å²) in [6.07, 6.45) is 3.43. The van der Waals surface area contributed by atoms with Crippen LogP contribution in [0.3, 0.4) is 0 Å². The van der Waals surface area contributed by atoms with Crippen LogP contribution in [0.4, 0.5) is 5.69 Å². The second-order valence-electron chi connectivity index (χ2n) is 15.9. The standard InChI is InChI=1S/C41H40ClN7O5/c1-24-30(7-4-8-31(24)37-45-32-14-25(13-27(16-43)35(32)54-37)17-47-11-9-29(50)18-47)26-5-3-6-28(15-26)49(42)38(51)36-44-33-19-48(12-10-34(33)46(36)2)23-40-20-41(21-40,22-40)39(52)53/h3-8,13-15,29,50H,9-12,17-23H2,1-2H3,(H,52,53). The highest BCUT2D eigenvalue weighted by molar-refractivity contribution is 6.38. The van der Waals surface area contributed by atoms with Gasteiger partial charge in [0.15, 0.2) is 5.58 Å². The molecule has 0 radical (unpaired) electrons. The van der Waals surface area contributed by atoms with Crippen molar-refractivity contribution in [1.29, 1.82) is 5.26 Å². The van der Waals surface area contributed by atoms with Gasteiger partial charge < -0.3 is 19.2 Å². The molecule has 10 rings (SSSR count). The molecule has 1 amide bonds. The number of aromatic nitrogens is 3. The van der Waals surface area contributed by atoms with Gasteiger partial charge in [0.25, 0.3) is 0 Å². The van der Waals surface area contributed by atoms with Gasteiger partial charge in [0.2, 0.25) is 11.7 Å². The second-order valence-corrected chi connectivity index (χ2v) is 16.2. The number of likely N-dealkylation sites (tertiary alicyclic amines) is 1. The summed E-state index contributed by atoms with van der Waals surface area (Å²) in [6, 6.07) is 19.4. The molecule has 12 nitrogen and oxygen atoms in total. The molecule has 2 aliphatic heterocycles. The molecule has 13 heteroatoms. The maximum atomic E-state index is 13.9. The molecule has 5 aliphatic rings. The number of carboxylic acids is 1. The van der Waals surface area contributed by atoms with Crippen molar-refractivity contribution in [1.82, 2.24) is 24.3 Å². The fraction of sp³-hybridized carbons (Fsp3) is 0.390. The molecule has 0 spiro atoms. The molecule has 3 saturated carbocycles. The maximum Gasteiger partial charge on any atom is 0.309 e. The van der Waals surface area contributed by atoms with E-state index >= 15 is 0 Å². The molecule has 2 bridgehead atoms. The highest BCUT2D eigenvalue weighted by Gasteiger charge is 2.71. The third kappa shape index (κ3) is 5.69. The lowest BCUT2D eigenvalue weighted by atomic mass is 9.35. The number of amides is 1. The Morgan fingerprint density at radius 2 is 1.85 bits per heavy atom. The summed E-state index contributed by atoms with van der Waals surface area (Å²) in [5, 5.41) is 29.4. The van der Waals surface area contributed by atoms with Gasteiger partial charge in [-0.3, -0.25) is 19.4 Å². The van der Waals surface area contributed by atoms with Crippen LogP contribution in [0.2, 0.25) is 0 Å². The molecule has 1 atom stereocenters. The zero-order valence-corrected chi connectivity index (χ0v) is 30.9. The molecule has 1 unspecified atom stereocenters. The van der Waals surface area contributed by atoms with E-state index in [0.717, 1.165) is 95.4 Å². The number of hydrogen-bond donors (Lipinski definition) is 2. The van der Waals surface area contributed by atoms with Crippen molar-refractivity contribution in [2.45, 2.75) is 58.2 Å². The Labute approximate surface area is 317 Å². The summed E-state index contributed by atoms with van der Waals surface area (Å²) < 4.78 is 9.20. The van der Waals surface area contributed by atoms with E-state index in [-0.39, 0.29) is 17.3 Å². The molecule has 54 heavy (non-hydrogen) atoms. The monoisotopic (exact) mass is 745 g/mol. The third-order valence-corrected chi connectivity index (χ3v) is 12.5. The average Bonchev–Trinajstić information content (AvgIpc) is 3.84. The lowest BCUT2D eigenvalue weighted by Crippen LogP contribution is -2.68. The molecule has 5 aromatic rings. The SMILES string of the molecule is Cc1c(-c2cccc(N(Cl)C(=O)c3nc4c(n3C)CCN(CC35CC(C(=O)O)(C3)C5)C4)c2)cccc1-c1nc2cc(CN3CCC(O)C3)cc(C#N)c2o1. The number of rotatable bonds is 9. The fourth-order valence-corrected chi connectivity index (χ4v) is 9.73. The quantitative estimate of drug-likeness (QED) is 0.171. The number of halogens is 1. The Balaban J connectivity index is 0.935. The smallest absolute Gasteiger partial charge is 0.309 e. The second kappa shape index (κ2) is 12.8. The molecular weight excluding hydrogens is 706 g/mol. The number of anilines is 1. The lowest BCUT2D eigenvalue weighted by molar-refractivity contribution is -0.228. The molecule has 2 N–H and O–H groups in total. The first-order valence-corrected chi connectivity index (χ1v) is 18.7. The van der Waals surface area contributed by atoms with Gasteiger partial charge in [-0.05, 0) is 90.6 Å². The third-order valence-electron chi connectivity index (χ3n) is 12.1.